The molecule has 0 aliphatic rings. The van der Waals surface area contributed by atoms with Crippen LogP contribution in [0.1, 0.15) is 17.7 Å². The lowest BCUT2D eigenvalue weighted by molar-refractivity contribution is -0.126. The van der Waals surface area contributed by atoms with Gasteiger partial charge in [0.25, 0.3) is 5.91 Å². The lowest BCUT2D eigenvalue weighted by Gasteiger charge is -2.10. The van der Waals surface area contributed by atoms with Crippen LogP contribution in [0.5, 0.6) is 0 Å². The molecule has 0 aliphatic heterocycles. The van der Waals surface area contributed by atoms with Crippen molar-refractivity contribution in [3.8, 4) is 0 Å². The molecule has 0 atom stereocenters. The van der Waals surface area contributed by atoms with Crippen LogP contribution in [0.2, 0.25) is 0 Å². The molecular weight excluding hydrogens is 294 g/mol. The van der Waals surface area contributed by atoms with Crippen molar-refractivity contribution in [2.45, 2.75) is 12.8 Å². The summed E-state index contributed by atoms with van der Waals surface area (Å²) in [6.45, 7) is 3.62. The number of hydrazine groups is 1. The normalized spacial score (nSPS) is 9.91. The molecule has 6 heteroatoms. The zero-order valence-electron chi connectivity index (χ0n) is 12.7. The minimum absolute atomic E-state index is 0.105. The van der Waals surface area contributed by atoms with Crippen molar-refractivity contribution in [1.29, 1.82) is 0 Å². The van der Waals surface area contributed by atoms with Gasteiger partial charge in [0.2, 0.25) is 5.91 Å². The topological polar surface area (TPSA) is 83.4 Å². The summed E-state index contributed by atoms with van der Waals surface area (Å²) in [6.07, 6.45) is 2.49. The highest BCUT2D eigenvalue weighted by Gasteiger charge is 2.07. The number of furan rings is 1. The number of rotatable bonds is 8. The van der Waals surface area contributed by atoms with Gasteiger partial charge in [0, 0.05) is 6.42 Å². The molecule has 0 aliphatic carbocycles. The Labute approximate surface area is 134 Å². The highest BCUT2D eigenvalue weighted by Crippen LogP contribution is 2.07. The molecular formula is C17H19N3O3. The standard InChI is InChI=1S/C17H19N3O3/c1-13(15-8-5-11-23-15)19-20-17(22)12-18-16(21)10-9-14-6-3-2-4-7-14/h2-8,11,19H,1,9-10,12H2,(H,18,21)(H,20,22). The van der Waals surface area contributed by atoms with Gasteiger partial charge in [-0.3, -0.25) is 20.4 Å². The van der Waals surface area contributed by atoms with E-state index in [-0.39, 0.29) is 18.4 Å². The predicted molar refractivity (Wildman–Crippen MR) is 86.8 cm³/mol. The number of carbonyl (C=O) groups is 2. The van der Waals surface area contributed by atoms with Gasteiger partial charge >= 0.3 is 0 Å². The summed E-state index contributed by atoms with van der Waals surface area (Å²) in [4.78, 5) is 23.3. The molecule has 2 rings (SSSR count). The van der Waals surface area contributed by atoms with Crippen LogP contribution in [-0.2, 0) is 16.0 Å². The van der Waals surface area contributed by atoms with E-state index in [1.807, 2.05) is 30.3 Å². The average molecular weight is 313 g/mol. The smallest absolute Gasteiger partial charge is 0.257 e. The van der Waals surface area contributed by atoms with Crippen molar-refractivity contribution < 1.29 is 14.0 Å². The van der Waals surface area contributed by atoms with Crippen molar-refractivity contribution in [1.82, 2.24) is 16.2 Å². The van der Waals surface area contributed by atoms with Gasteiger partial charge in [0.15, 0.2) is 5.76 Å². The van der Waals surface area contributed by atoms with Gasteiger partial charge in [0.05, 0.1) is 18.5 Å². The molecule has 0 saturated heterocycles. The second-order valence-electron chi connectivity index (χ2n) is 4.89. The Bertz CT molecular complexity index is 651. The molecule has 1 aromatic carbocycles. The number of benzene rings is 1. The molecule has 2 aromatic rings. The number of amides is 2. The predicted octanol–water partition coefficient (Wildman–Crippen LogP) is 1.62. The van der Waals surface area contributed by atoms with Gasteiger partial charge < -0.3 is 9.73 Å². The molecule has 0 unspecified atom stereocenters. The number of hydrogen-bond donors (Lipinski definition) is 3. The average Bonchev–Trinajstić information content (AvgIpc) is 3.11. The van der Waals surface area contributed by atoms with E-state index < -0.39 is 0 Å². The van der Waals surface area contributed by atoms with E-state index in [4.69, 9.17) is 4.42 Å². The first-order valence-corrected chi connectivity index (χ1v) is 7.23. The first-order valence-electron chi connectivity index (χ1n) is 7.23. The van der Waals surface area contributed by atoms with Gasteiger partial charge in [-0.1, -0.05) is 36.9 Å². The van der Waals surface area contributed by atoms with Crippen molar-refractivity contribution in [3.05, 3.63) is 66.6 Å². The van der Waals surface area contributed by atoms with E-state index >= 15 is 0 Å². The SMILES string of the molecule is C=C(NNC(=O)CNC(=O)CCc1ccccc1)c1ccco1. The lowest BCUT2D eigenvalue weighted by atomic mass is 10.1. The van der Waals surface area contributed by atoms with Crippen molar-refractivity contribution in [3.63, 3.8) is 0 Å². The fourth-order valence-corrected chi connectivity index (χ4v) is 1.87. The Balaban J connectivity index is 1.62. The zero-order chi connectivity index (χ0) is 16.5. The van der Waals surface area contributed by atoms with E-state index in [0.29, 0.717) is 24.3 Å². The van der Waals surface area contributed by atoms with E-state index in [1.165, 1.54) is 6.26 Å². The molecule has 0 fully saturated rings. The number of hydrogen-bond acceptors (Lipinski definition) is 4. The minimum atomic E-state index is -0.370. The number of aryl methyl sites for hydroxylation is 1. The molecule has 6 nitrogen and oxygen atoms in total. The Morgan fingerprint density at radius 1 is 1.00 bits per heavy atom. The van der Waals surface area contributed by atoms with E-state index in [1.54, 1.807) is 12.1 Å². The van der Waals surface area contributed by atoms with Crippen LogP contribution in [0.25, 0.3) is 5.70 Å². The van der Waals surface area contributed by atoms with Crippen LogP contribution in [0, 0.1) is 0 Å². The maximum atomic E-state index is 11.7. The van der Waals surface area contributed by atoms with Crippen molar-refractivity contribution in [2.24, 2.45) is 0 Å². The van der Waals surface area contributed by atoms with Gasteiger partial charge in [-0.2, -0.15) is 0 Å². The largest absolute Gasteiger partial charge is 0.463 e. The Morgan fingerprint density at radius 2 is 1.78 bits per heavy atom. The summed E-state index contributed by atoms with van der Waals surface area (Å²) in [5, 5.41) is 2.57. The Kier molecular flexibility index (Phi) is 5.99. The van der Waals surface area contributed by atoms with Crippen molar-refractivity contribution in [2.75, 3.05) is 6.54 Å². The van der Waals surface area contributed by atoms with Crippen LogP contribution in [0.15, 0.2) is 59.7 Å². The van der Waals surface area contributed by atoms with Crippen LogP contribution in [0.3, 0.4) is 0 Å². The maximum Gasteiger partial charge on any atom is 0.257 e. The van der Waals surface area contributed by atoms with Gasteiger partial charge in [-0.05, 0) is 24.1 Å². The first-order chi connectivity index (χ1) is 11.1. The van der Waals surface area contributed by atoms with Crippen LogP contribution < -0.4 is 16.2 Å². The fourth-order valence-electron chi connectivity index (χ4n) is 1.87. The molecule has 0 radical (unpaired) electrons. The second kappa shape index (κ2) is 8.43. The fraction of sp³-hybridized carbons (Fsp3) is 0.176. The summed E-state index contributed by atoms with van der Waals surface area (Å²) in [5.74, 6) is -0.0168. The number of carbonyl (C=O) groups excluding carboxylic acids is 2. The molecule has 0 bridgehead atoms. The third kappa shape index (κ3) is 5.70. The van der Waals surface area contributed by atoms with Crippen LogP contribution in [0.4, 0.5) is 0 Å². The molecule has 23 heavy (non-hydrogen) atoms. The Morgan fingerprint density at radius 3 is 2.48 bits per heavy atom. The zero-order valence-corrected chi connectivity index (χ0v) is 12.7. The monoisotopic (exact) mass is 313 g/mol. The summed E-state index contributed by atoms with van der Waals surface area (Å²) >= 11 is 0. The molecule has 0 saturated carbocycles. The molecule has 0 spiro atoms. The molecule has 120 valence electrons. The third-order valence-corrected chi connectivity index (χ3v) is 3.10. The minimum Gasteiger partial charge on any atom is -0.463 e. The summed E-state index contributed by atoms with van der Waals surface area (Å²) in [5.41, 5.74) is 6.58. The summed E-state index contributed by atoms with van der Waals surface area (Å²) < 4.78 is 5.12. The van der Waals surface area contributed by atoms with E-state index in [9.17, 15) is 9.59 Å². The maximum absolute atomic E-state index is 11.7. The molecule has 3 N–H and O–H groups in total. The van der Waals surface area contributed by atoms with E-state index in [2.05, 4.69) is 22.7 Å². The third-order valence-electron chi connectivity index (χ3n) is 3.10. The highest BCUT2D eigenvalue weighted by atomic mass is 16.3. The van der Waals surface area contributed by atoms with Gasteiger partial charge in [-0.15, -0.1) is 0 Å². The Hall–Kier alpha value is -3.02. The van der Waals surface area contributed by atoms with E-state index in [0.717, 1.165) is 5.56 Å². The van der Waals surface area contributed by atoms with Crippen molar-refractivity contribution >= 4 is 17.5 Å². The summed E-state index contributed by atoms with van der Waals surface area (Å²) in [7, 11) is 0. The molecule has 1 heterocycles. The molecule has 2 amide bonds. The number of nitrogens with one attached hydrogen (secondary N) is 3. The second-order valence-corrected chi connectivity index (χ2v) is 4.89. The highest BCUT2D eigenvalue weighted by molar-refractivity contribution is 5.85. The van der Waals surface area contributed by atoms with Crippen LogP contribution in [-0.4, -0.2) is 18.4 Å². The molecule has 1 aromatic heterocycles. The van der Waals surface area contributed by atoms with Gasteiger partial charge in [-0.25, -0.2) is 0 Å². The summed E-state index contributed by atoms with van der Waals surface area (Å²) in [6, 6.07) is 13.1. The lowest BCUT2D eigenvalue weighted by Crippen LogP contribution is -2.42. The van der Waals surface area contributed by atoms with Crippen LogP contribution >= 0.6 is 0 Å². The first kappa shape index (κ1) is 16.4. The quantitative estimate of drug-likeness (QED) is 0.647. The van der Waals surface area contributed by atoms with Gasteiger partial charge in [0.1, 0.15) is 0 Å².